The topological polar surface area (TPSA) is 46.9 Å². The Kier molecular flexibility index (Phi) is 4.41. The Morgan fingerprint density at radius 1 is 1.50 bits per heavy atom. The third-order valence-corrected chi connectivity index (χ3v) is 4.13. The molecule has 1 heterocycles. The van der Waals surface area contributed by atoms with Gasteiger partial charge in [-0.1, -0.05) is 6.92 Å². The Morgan fingerprint density at radius 2 is 2.20 bits per heavy atom. The molecule has 4 nitrogen and oxygen atoms in total. The van der Waals surface area contributed by atoms with Crippen LogP contribution in [0, 0.1) is 5.92 Å². The van der Waals surface area contributed by atoms with Crippen LogP contribution in [0.1, 0.15) is 26.2 Å². The number of rotatable bonds is 3. The van der Waals surface area contributed by atoms with E-state index in [1.165, 1.54) is 6.20 Å². The third kappa shape index (κ3) is 3.74. The largest absolute Gasteiger partial charge is 0.408 e. The molecule has 1 N–H and O–H groups in total. The molecule has 1 saturated carbocycles. The van der Waals surface area contributed by atoms with Crippen molar-refractivity contribution in [3.63, 3.8) is 0 Å². The number of nitrogens with one attached hydrogen (secondary N) is 1. The maximum atomic E-state index is 12.3. The van der Waals surface area contributed by atoms with E-state index < -0.39 is 18.3 Å². The molecule has 0 radical (unpaired) electrons. The van der Waals surface area contributed by atoms with Gasteiger partial charge in [0.25, 0.3) is 5.56 Å². The molecule has 2 atom stereocenters. The summed E-state index contributed by atoms with van der Waals surface area (Å²) in [6.07, 6.45) is -0.128. The van der Waals surface area contributed by atoms with Gasteiger partial charge in [-0.3, -0.25) is 4.79 Å². The first-order valence-corrected chi connectivity index (χ1v) is 7.14. The zero-order chi connectivity index (χ0) is 14.9. The van der Waals surface area contributed by atoms with E-state index in [1.54, 1.807) is 0 Å². The molecule has 1 fully saturated rings. The number of hydrogen-bond donors (Lipinski definition) is 1. The first kappa shape index (κ1) is 15.3. The second kappa shape index (κ2) is 5.75. The molecule has 0 aromatic carbocycles. The average molecular weight is 354 g/mol. The van der Waals surface area contributed by atoms with Crippen molar-refractivity contribution in [3.05, 3.63) is 21.0 Å². The molecule has 112 valence electrons. The van der Waals surface area contributed by atoms with E-state index in [1.807, 2.05) is 0 Å². The highest BCUT2D eigenvalue weighted by atomic mass is 79.9. The summed E-state index contributed by atoms with van der Waals surface area (Å²) >= 11 is 3.06. The van der Waals surface area contributed by atoms with Crippen LogP contribution in [0.3, 0.4) is 0 Å². The molecule has 0 aliphatic heterocycles. The van der Waals surface area contributed by atoms with E-state index in [9.17, 15) is 18.0 Å². The molecule has 2 rings (SSSR count). The summed E-state index contributed by atoms with van der Waals surface area (Å²) in [5.41, 5.74) is -0.328. The molecule has 20 heavy (non-hydrogen) atoms. The van der Waals surface area contributed by atoms with Crippen LogP contribution in [-0.4, -0.2) is 22.0 Å². The van der Waals surface area contributed by atoms with Gasteiger partial charge >= 0.3 is 6.18 Å². The highest BCUT2D eigenvalue weighted by Gasteiger charge is 2.30. The number of alkyl halides is 3. The Morgan fingerprint density at radius 3 is 2.75 bits per heavy atom. The van der Waals surface area contributed by atoms with E-state index in [-0.39, 0.29) is 10.5 Å². The highest BCUT2D eigenvalue weighted by Crippen LogP contribution is 2.29. The molecule has 1 aromatic heterocycles. The van der Waals surface area contributed by atoms with Crippen molar-refractivity contribution in [2.75, 3.05) is 5.32 Å². The van der Waals surface area contributed by atoms with Crippen LogP contribution in [0.2, 0.25) is 0 Å². The van der Waals surface area contributed by atoms with Crippen molar-refractivity contribution in [2.24, 2.45) is 5.92 Å². The minimum Gasteiger partial charge on any atom is -0.380 e. The summed E-state index contributed by atoms with van der Waals surface area (Å²) in [5, 5.41) is 6.74. The molecule has 0 saturated heterocycles. The summed E-state index contributed by atoms with van der Waals surface area (Å²) < 4.78 is 37.4. The number of nitrogens with zero attached hydrogens (tertiary/aromatic N) is 2. The molecule has 2 unspecified atom stereocenters. The number of halogens is 4. The Labute approximate surface area is 122 Å². The Bertz CT molecular complexity index is 544. The SMILES string of the molecule is CC1CCC(Nc2cnn(CC(F)(F)F)c(=O)c2Br)C1. The van der Waals surface area contributed by atoms with Crippen molar-refractivity contribution in [3.8, 4) is 0 Å². The van der Waals surface area contributed by atoms with Gasteiger partial charge in [-0.25, -0.2) is 4.68 Å². The standard InChI is InChI=1S/C12H15BrF3N3O/c1-7-2-3-8(4-7)18-9-5-17-19(6-12(14,15)16)11(20)10(9)13/h5,7-8,18H,2-4,6H2,1H3. The second-order valence-electron chi connectivity index (χ2n) is 5.21. The zero-order valence-electron chi connectivity index (χ0n) is 10.9. The van der Waals surface area contributed by atoms with Gasteiger partial charge in [0.05, 0.1) is 11.9 Å². The summed E-state index contributed by atoms with van der Waals surface area (Å²) in [7, 11) is 0. The van der Waals surface area contributed by atoms with Crippen LogP contribution >= 0.6 is 15.9 Å². The molecule has 0 bridgehead atoms. The lowest BCUT2D eigenvalue weighted by Crippen LogP contribution is -2.31. The zero-order valence-corrected chi connectivity index (χ0v) is 12.5. The van der Waals surface area contributed by atoms with E-state index in [0.717, 1.165) is 19.3 Å². The van der Waals surface area contributed by atoms with Gasteiger partial charge in [0.15, 0.2) is 0 Å². The fourth-order valence-electron chi connectivity index (χ4n) is 2.41. The fourth-order valence-corrected chi connectivity index (χ4v) is 2.83. The predicted molar refractivity (Wildman–Crippen MR) is 72.7 cm³/mol. The van der Waals surface area contributed by atoms with E-state index in [2.05, 4.69) is 33.3 Å². The molecular weight excluding hydrogens is 339 g/mol. The lowest BCUT2D eigenvalue weighted by Gasteiger charge is -2.16. The van der Waals surface area contributed by atoms with Crippen LogP contribution in [0.5, 0.6) is 0 Å². The van der Waals surface area contributed by atoms with Gasteiger partial charge in [-0.15, -0.1) is 0 Å². The third-order valence-electron chi connectivity index (χ3n) is 3.37. The molecule has 0 spiro atoms. The minimum atomic E-state index is -4.47. The van der Waals surface area contributed by atoms with Crippen molar-refractivity contribution >= 4 is 21.6 Å². The van der Waals surface area contributed by atoms with Crippen LogP contribution < -0.4 is 10.9 Å². The van der Waals surface area contributed by atoms with Crippen molar-refractivity contribution in [1.29, 1.82) is 0 Å². The van der Waals surface area contributed by atoms with Gasteiger partial charge in [-0.05, 0) is 41.1 Å². The number of aromatic nitrogens is 2. The van der Waals surface area contributed by atoms with Gasteiger partial charge in [0.2, 0.25) is 0 Å². The van der Waals surface area contributed by atoms with Gasteiger partial charge in [0.1, 0.15) is 11.0 Å². The first-order valence-electron chi connectivity index (χ1n) is 6.35. The minimum absolute atomic E-state index is 0.0938. The molecular formula is C12H15BrF3N3O. The van der Waals surface area contributed by atoms with Crippen LogP contribution in [0.4, 0.5) is 18.9 Å². The maximum absolute atomic E-state index is 12.3. The highest BCUT2D eigenvalue weighted by molar-refractivity contribution is 9.10. The van der Waals surface area contributed by atoms with E-state index in [0.29, 0.717) is 16.3 Å². The van der Waals surface area contributed by atoms with Gasteiger partial charge in [-0.2, -0.15) is 18.3 Å². The molecule has 0 amide bonds. The Balaban J connectivity index is 2.16. The maximum Gasteiger partial charge on any atom is 0.408 e. The first-order chi connectivity index (χ1) is 9.26. The fraction of sp³-hybridized carbons (Fsp3) is 0.667. The summed E-state index contributed by atoms with van der Waals surface area (Å²) in [6, 6.07) is 0.237. The van der Waals surface area contributed by atoms with Crippen molar-refractivity contribution in [2.45, 2.75) is 44.9 Å². The molecule has 8 heteroatoms. The van der Waals surface area contributed by atoms with E-state index >= 15 is 0 Å². The average Bonchev–Trinajstić information content (AvgIpc) is 2.73. The predicted octanol–water partition coefficient (Wildman–Crippen LogP) is 3.17. The number of anilines is 1. The monoisotopic (exact) mass is 353 g/mol. The van der Waals surface area contributed by atoms with E-state index in [4.69, 9.17) is 0 Å². The smallest absolute Gasteiger partial charge is 0.380 e. The summed E-state index contributed by atoms with van der Waals surface area (Å²) in [5.74, 6) is 0.616. The normalized spacial score (nSPS) is 23.1. The van der Waals surface area contributed by atoms with Crippen LogP contribution in [0.15, 0.2) is 15.5 Å². The number of hydrogen-bond acceptors (Lipinski definition) is 3. The lowest BCUT2D eigenvalue weighted by molar-refractivity contribution is -0.143. The van der Waals surface area contributed by atoms with Gasteiger partial charge in [0, 0.05) is 6.04 Å². The Hall–Kier alpha value is -1.05. The van der Waals surface area contributed by atoms with Gasteiger partial charge < -0.3 is 5.32 Å². The quantitative estimate of drug-likeness (QED) is 0.907. The van der Waals surface area contributed by atoms with Crippen molar-refractivity contribution in [1.82, 2.24) is 9.78 Å². The molecule has 1 aliphatic carbocycles. The van der Waals surface area contributed by atoms with Crippen molar-refractivity contribution < 1.29 is 13.2 Å². The molecule has 1 aromatic rings. The summed E-state index contributed by atoms with van der Waals surface area (Å²) in [6.45, 7) is 0.765. The van der Waals surface area contributed by atoms with Crippen LogP contribution in [0.25, 0.3) is 0 Å². The summed E-state index contributed by atoms with van der Waals surface area (Å²) in [4.78, 5) is 11.8. The second-order valence-corrected chi connectivity index (χ2v) is 6.00. The van der Waals surface area contributed by atoms with Crippen LogP contribution in [-0.2, 0) is 6.54 Å². The lowest BCUT2D eigenvalue weighted by atomic mass is 10.1. The molecule has 1 aliphatic rings.